The maximum atomic E-state index is 12.1. The van der Waals surface area contributed by atoms with E-state index >= 15 is 0 Å². The van der Waals surface area contributed by atoms with Crippen molar-refractivity contribution in [3.63, 3.8) is 0 Å². The lowest BCUT2D eigenvalue weighted by Crippen LogP contribution is -2.28. The molecule has 2 aromatic rings. The Balaban J connectivity index is 2.27. The largest absolute Gasteiger partial charge is 0.315 e. The predicted molar refractivity (Wildman–Crippen MR) is 81.7 cm³/mol. The first-order chi connectivity index (χ1) is 9.38. The second kappa shape index (κ2) is 5.63. The molecule has 0 saturated carbocycles. The van der Waals surface area contributed by atoms with Crippen molar-refractivity contribution in [2.75, 3.05) is 24.0 Å². The highest BCUT2D eigenvalue weighted by Gasteiger charge is 2.15. The van der Waals surface area contributed by atoms with E-state index in [-0.39, 0.29) is 18.1 Å². The monoisotopic (exact) mass is 291 g/mol. The van der Waals surface area contributed by atoms with Gasteiger partial charge >= 0.3 is 0 Å². The number of benzene rings is 2. The molecule has 0 bridgehead atoms. The fourth-order valence-electron chi connectivity index (χ4n) is 2.08. The van der Waals surface area contributed by atoms with Gasteiger partial charge in [0.05, 0.1) is 11.4 Å². The van der Waals surface area contributed by atoms with Crippen molar-refractivity contribution in [1.29, 1.82) is 0 Å². The summed E-state index contributed by atoms with van der Waals surface area (Å²) in [6.45, 7) is 0. The summed E-state index contributed by atoms with van der Waals surface area (Å²) in [6, 6.07) is 13.5. The van der Waals surface area contributed by atoms with Gasteiger partial charge < -0.3 is 4.90 Å². The number of carbonyl (C=O) groups excluding carboxylic acids is 1. The van der Waals surface area contributed by atoms with E-state index in [1.807, 2.05) is 42.5 Å². The van der Waals surface area contributed by atoms with Crippen LogP contribution in [0.2, 0.25) is 0 Å². The molecule has 20 heavy (non-hydrogen) atoms. The van der Waals surface area contributed by atoms with Gasteiger partial charge in [-0.05, 0) is 11.5 Å². The highest BCUT2D eigenvalue weighted by molar-refractivity contribution is 7.90. The maximum Gasteiger partial charge on any atom is 0.227 e. The smallest absolute Gasteiger partial charge is 0.227 e. The lowest BCUT2D eigenvalue weighted by molar-refractivity contribution is -0.117. The molecule has 0 aliphatic carbocycles. The van der Waals surface area contributed by atoms with Crippen LogP contribution in [0.5, 0.6) is 0 Å². The lowest BCUT2D eigenvalue weighted by atomic mass is 10.1. The second-order valence-corrected chi connectivity index (χ2v) is 7.09. The van der Waals surface area contributed by atoms with E-state index in [0.29, 0.717) is 0 Å². The highest BCUT2D eigenvalue weighted by Crippen LogP contribution is 2.26. The molecule has 5 heteroatoms. The Kier molecular flexibility index (Phi) is 4.09. The molecule has 1 amide bonds. The molecule has 0 aromatic heterocycles. The summed E-state index contributed by atoms with van der Waals surface area (Å²) in [5, 5.41) is 2.03. The van der Waals surface area contributed by atoms with Gasteiger partial charge in [-0.2, -0.15) is 0 Å². The molecule has 0 radical (unpaired) electrons. The van der Waals surface area contributed by atoms with E-state index in [1.165, 1.54) is 4.90 Å². The second-order valence-electron chi connectivity index (χ2n) is 4.83. The zero-order chi connectivity index (χ0) is 14.8. The van der Waals surface area contributed by atoms with Crippen LogP contribution in [-0.4, -0.2) is 33.4 Å². The van der Waals surface area contributed by atoms with Crippen molar-refractivity contribution in [1.82, 2.24) is 0 Å². The molecule has 0 atom stereocenters. The molecule has 0 aliphatic rings. The minimum absolute atomic E-state index is 0.00143. The van der Waals surface area contributed by atoms with E-state index in [2.05, 4.69) is 0 Å². The molecule has 0 N–H and O–H groups in total. The van der Waals surface area contributed by atoms with Crippen molar-refractivity contribution in [2.24, 2.45) is 0 Å². The Labute approximate surface area is 118 Å². The summed E-state index contributed by atoms with van der Waals surface area (Å²) in [6.07, 6.45) is 1.14. The van der Waals surface area contributed by atoms with Gasteiger partial charge in [-0.25, -0.2) is 8.42 Å². The molecule has 0 spiro atoms. The van der Waals surface area contributed by atoms with E-state index in [0.717, 1.165) is 22.7 Å². The fourth-order valence-corrected chi connectivity index (χ4v) is 2.62. The number of hydrogen-bond donors (Lipinski definition) is 0. The van der Waals surface area contributed by atoms with Crippen molar-refractivity contribution in [2.45, 2.75) is 6.42 Å². The Morgan fingerprint density at radius 2 is 1.75 bits per heavy atom. The lowest BCUT2D eigenvalue weighted by Gasteiger charge is -2.19. The van der Waals surface area contributed by atoms with Crippen LogP contribution in [0.25, 0.3) is 10.8 Å². The van der Waals surface area contributed by atoms with E-state index in [1.54, 1.807) is 7.05 Å². The number of anilines is 1. The molecule has 0 unspecified atom stereocenters. The van der Waals surface area contributed by atoms with Gasteiger partial charge in [0.25, 0.3) is 0 Å². The molecule has 2 aromatic carbocycles. The minimum atomic E-state index is -3.12. The third-order valence-electron chi connectivity index (χ3n) is 3.19. The molecule has 0 fully saturated rings. The fraction of sp³-hybridized carbons (Fsp3) is 0.267. The van der Waals surface area contributed by atoms with Crippen molar-refractivity contribution >= 4 is 32.2 Å². The summed E-state index contributed by atoms with van der Waals surface area (Å²) in [5.41, 5.74) is 0.793. The first-order valence-corrected chi connectivity index (χ1v) is 8.36. The van der Waals surface area contributed by atoms with Crippen LogP contribution in [-0.2, 0) is 14.6 Å². The number of amides is 1. The van der Waals surface area contributed by atoms with Crippen LogP contribution in [0.15, 0.2) is 42.5 Å². The molecule has 0 aliphatic heterocycles. The van der Waals surface area contributed by atoms with Crippen LogP contribution in [0, 0.1) is 0 Å². The van der Waals surface area contributed by atoms with Gasteiger partial charge in [-0.3, -0.25) is 4.79 Å². The summed E-state index contributed by atoms with van der Waals surface area (Å²) in [7, 11) is -1.45. The molecule has 0 saturated heterocycles. The van der Waals surface area contributed by atoms with Crippen LogP contribution in [0.1, 0.15) is 6.42 Å². The van der Waals surface area contributed by atoms with Crippen molar-refractivity contribution < 1.29 is 13.2 Å². The Hall–Kier alpha value is -1.88. The van der Waals surface area contributed by atoms with E-state index < -0.39 is 9.84 Å². The zero-order valence-electron chi connectivity index (χ0n) is 11.5. The normalized spacial score (nSPS) is 11.5. The van der Waals surface area contributed by atoms with Gasteiger partial charge in [0.1, 0.15) is 9.84 Å². The van der Waals surface area contributed by atoms with Crippen LogP contribution in [0.3, 0.4) is 0 Å². The average Bonchev–Trinajstić information content (AvgIpc) is 2.42. The topological polar surface area (TPSA) is 54.5 Å². The molecule has 0 heterocycles. The third kappa shape index (κ3) is 3.36. The number of hydrogen-bond acceptors (Lipinski definition) is 3. The highest BCUT2D eigenvalue weighted by atomic mass is 32.2. The predicted octanol–water partition coefficient (Wildman–Crippen LogP) is 2.24. The first kappa shape index (κ1) is 14.5. The third-order valence-corrected chi connectivity index (χ3v) is 4.13. The SMILES string of the molecule is CN(C(=O)CCS(C)(=O)=O)c1cccc2ccccc12. The summed E-state index contributed by atoms with van der Waals surface area (Å²) >= 11 is 0. The molecule has 4 nitrogen and oxygen atoms in total. The summed E-state index contributed by atoms with van der Waals surface area (Å²) < 4.78 is 22.3. The summed E-state index contributed by atoms with van der Waals surface area (Å²) in [5.74, 6) is -0.326. The average molecular weight is 291 g/mol. The number of nitrogens with zero attached hydrogens (tertiary/aromatic N) is 1. The zero-order valence-corrected chi connectivity index (χ0v) is 12.4. The van der Waals surface area contributed by atoms with Crippen LogP contribution >= 0.6 is 0 Å². The van der Waals surface area contributed by atoms with Crippen LogP contribution < -0.4 is 4.90 Å². The number of sulfone groups is 1. The van der Waals surface area contributed by atoms with Gasteiger partial charge in [0, 0.05) is 25.1 Å². The van der Waals surface area contributed by atoms with E-state index in [9.17, 15) is 13.2 Å². The molecular weight excluding hydrogens is 274 g/mol. The standard InChI is InChI=1S/C15H17NO3S/c1-16(15(17)10-11-20(2,18)19)14-9-5-7-12-6-3-4-8-13(12)14/h3-9H,10-11H2,1-2H3. The Morgan fingerprint density at radius 1 is 1.10 bits per heavy atom. The minimum Gasteiger partial charge on any atom is -0.315 e. The first-order valence-electron chi connectivity index (χ1n) is 6.30. The molecule has 2 rings (SSSR count). The quantitative estimate of drug-likeness (QED) is 0.868. The Morgan fingerprint density at radius 3 is 2.45 bits per heavy atom. The molecule has 106 valence electrons. The maximum absolute atomic E-state index is 12.1. The van der Waals surface area contributed by atoms with Gasteiger partial charge in [-0.1, -0.05) is 36.4 Å². The van der Waals surface area contributed by atoms with Crippen molar-refractivity contribution in [3.8, 4) is 0 Å². The van der Waals surface area contributed by atoms with Gasteiger partial charge in [0.2, 0.25) is 5.91 Å². The molecular formula is C15H17NO3S. The number of rotatable bonds is 4. The van der Waals surface area contributed by atoms with Crippen molar-refractivity contribution in [3.05, 3.63) is 42.5 Å². The summed E-state index contributed by atoms with van der Waals surface area (Å²) in [4.78, 5) is 13.6. The van der Waals surface area contributed by atoms with Crippen LogP contribution in [0.4, 0.5) is 5.69 Å². The van der Waals surface area contributed by atoms with E-state index in [4.69, 9.17) is 0 Å². The van der Waals surface area contributed by atoms with Gasteiger partial charge in [-0.15, -0.1) is 0 Å². The number of fused-ring (bicyclic) bond motifs is 1. The van der Waals surface area contributed by atoms with Gasteiger partial charge in [0.15, 0.2) is 0 Å². The number of carbonyl (C=O) groups is 1. The Bertz CT molecular complexity index is 732.